The van der Waals surface area contributed by atoms with Gasteiger partial charge in [0.2, 0.25) is 0 Å². The Morgan fingerprint density at radius 1 is 1.08 bits per heavy atom. The molecule has 0 aromatic rings. The Kier molecular flexibility index (Phi) is 11.6. The molecule has 0 aromatic carbocycles. The van der Waals surface area contributed by atoms with E-state index < -0.39 is 24.6 Å². The normalized spacial score (nSPS) is 28.5. The van der Waals surface area contributed by atoms with E-state index in [0.29, 0.717) is 6.61 Å². The molecule has 0 aliphatic carbocycles. The van der Waals surface area contributed by atoms with Crippen LogP contribution in [0.3, 0.4) is 0 Å². The second-order valence-corrected chi connectivity index (χ2v) is 8.28. The summed E-state index contributed by atoms with van der Waals surface area (Å²) in [5.74, 6) is 1.61. The summed E-state index contributed by atoms with van der Waals surface area (Å²) < 4.78 is 10.7. The van der Waals surface area contributed by atoms with E-state index in [0.717, 1.165) is 24.7 Å². The molecule has 26 heavy (non-hydrogen) atoms. The monoisotopic (exact) mass is 372 g/mol. The maximum absolute atomic E-state index is 9.80. The molecule has 5 nitrogen and oxygen atoms in total. The maximum Gasteiger partial charge on any atom is 0.186 e. The highest BCUT2D eigenvalue weighted by molar-refractivity contribution is 4.97. The highest BCUT2D eigenvalue weighted by Gasteiger charge is 2.37. The minimum absolute atomic E-state index is 0.0207. The van der Waals surface area contributed by atoms with Crippen molar-refractivity contribution in [1.29, 1.82) is 0 Å². The topological polar surface area (TPSA) is 79.2 Å². The van der Waals surface area contributed by atoms with E-state index >= 15 is 0 Å². The number of hydrogen-bond acceptors (Lipinski definition) is 5. The number of allylic oxidation sites excluding steroid dienone is 1. The fraction of sp³-hybridized carbons (Fsp3) is 0.905. The number of rotatable bonds is 12. The van der Waals surface area contributed by atoms with Gasteiger partial charge < -0.3 is 24.8 Å². The zero-order valence-electron chi connectivity index (χ0n) is 17.1. The fourth-order valence-electron chi connectivity index (χ4n) is 3.27. The first-order valence-electron chi connectivity index (χ1n) is 10.2. The first kappa shape index (κ1) is 23.6. The summed E-state index contributed by atoms with van der Waals surface area (Å²) in [6, 6.07) is 0. The van der Waals surface area contributed by atoms with Gasteiger partial charge in [0.15, 0.2) is 6.29 Å². The van der Waals surface area contributed by atoms with Gasteiger partial charge in [-0.25, -0.2) is 0 Å². The van der Waals surface area contributed by atoms with Crippen LogP contribution in [0.1, 0.15) is 72.6 Å². The number of aliphatic hydroxyl groups excluding tert-OH is 3. The molecule has 1 saturated heterocycles. The van der Waals surface area contributed by atoms with Crippen molar-refractivity contribution in [2.75, 3.05) is 13.2 Å². The summed E-state index contributed by atoms with van der Waals surface area (Å²) in [7, 11) is 0. The molecule has 5 heteroatoms. The van der Waals surface area contributed by atoms with E-state index in [1.807, 2.05) is 0 Å². The molecule has 5 atom stereocenters. The molecule has 1 unspecified atom stereocenters. The van der Waals surface area contributed by atoms with E-state index in [9.17, 15) is 15.3 Å². The number of aliphatic hydroxyl groups is 3. The van der Waals surface area contributed by atoms with Crippen LogP contribution >= 0.6 is 0 Å². The molecule has 0 saturated carbocycles. The molecular formula is C21H40O5. The van der Waals surface area contributed by atoms with Crippen LogP contribution in [-0.4, -0.2) is 53.1 Å². The molecular weight excluding hydrogens is 332 g/mol. The predicted octanol–water partition coefficient (Wildman–Crippen LogP) is 3.41. The fourth-order valence-corrected chi connectivity index (χ4v) is 3.27. The zero-order chi connectivity index (χ0) is 19.5. The molecule has 1 rings (SSSR count). The molecule has 1 fully saturated rings. The zero-order valence-corrected chi connectivity index (χ0v) is 17.1. The quantitative estimate of drug-likeness (QED) is 0.361. The van der Waals surface area contributed by atoms with Crippen molar-refractivity contribution in [3.63, 3.8) is 0 Å². The molecule has 154 valence electrons. The standard InChI is InChI=1S/C21H40O5/c1-15(2)8-5-9-16(3)10-6-11-17(4)12-7-13-25-21-20(24)19(23)18(22)14-26-21/h12,15-16,18-24H,5-11,13-14H2,1-4H3/t16?,18-,19+,20-,21+/m1/s1. The second kappa shape index (κ2) is 12.8. The van der Waals surface area contributed by atoms with Gasteiger partial charge in [0.05, 0.1) is 13.2 Å². The summed E-state index contributed by atoms with van der Waals surface area (Å²) in [6.07, 6.45) is 6.20. The van der Waals surface area contributed by atoms with E-state index in [4.69, 9.17) is 9.47 Å². The van der Waals surface area contributed by atoms with Crippen molar-refractivity contribution < 1.29 is 24.8 Å². The Bertz CT molecular complexity index is 396. The molecule has 0 spiro atoms. The lowest BCUT2D eigenvalue weighted by Gasteiger charge is -2.34. The molecule has 1 aliphatic rings. The molecule has 1 aliphatic heterocycles. The van der Waals surface area contributed by atoms with Gasteiger partial charge in [-0.3, -0.25) is 0 Å². The van der Waals surface area contributed by atoms with Crippen LogP contribution < -0.4 is 0 Å². The third-order valence-corrected chi connectivity index (χ3v) is 5.09. The lowest BCUT2D eigenvalue weighted by Crippen LogP contribution is -2.53. The van der Waals surface area contributed by atoms with Gasteiger partial charge in [0, 0.05) is 0 Å². The van der Waals surface area contributed by atoms with Gasteiger partial charge in [0.25, 0.3) is 0 Å². The average Bonchev–Trinajstić information content (AvgIpc) is 2.58. The van der Waals surface area contributed by atoms with Crippen LogP contribution in [0.4, 0.5) is 0 Å². The average molecular weight is 373 g/mol. The van der Waals surface area contributed by atoms with Gasteiger partial charge >= 0.3 is 0 Å². The van der Waals surface area contributed by atoms with E-state index in [1.54, 1.807) is 0 Å². The first-order valence-corrected chi connectivity index (χ1v) is 10.2. The van der Waals surface area contributed by atoms with Gasteiger partial charge in [0.1, 0.15) is 18.3 Å². The van der Waals surface area contributed by atoms with Crippen LogP contribution in [0.5, 0.6) is 0 Å². The molecule has 0 aromatic heterocycles. The Labute approximate surface area is 159 Å². The van der Waals surface area contributed by atoms with E-state index in [-0.39, 0.29) is 6.61 Å². The van der Waals surface area contributed by atoms with Gasteiger partial charge in [-0.15, -0.1) is 0 Å². The third-order valence-electron chi connectivity index (χ3n) is 5.09. The minimum atomic E-state index is -1.21. The summed E-state index contributed by atoms with van der Waals surface area (Å²) >= 11 is 0. The summed E-state index contributed by atoms with van der Waals surface area (Å²) in [6.45, 7) is 9.48. The number of hydrogen-bond donors (Lipinski definition) is 3. The Morgan fingerprint density at radius 3 is 2.46 bits per heavy atom. The second-order valence-electron chi connectivity index (χ2n) is 8.28. The molecule has 0 bridgehead atoms. The highest BCUT2D eigenvalue weighted by Crippen LogP contribution is 2.20. The summed E-state index contributed by atoms with van der Waals surface area (Å²) in [5.41, 5.74) is 1.36. The Balaban J connectivity index is 2.10. The maximum atomic E-state index is 9.80. The van der Waals surface area contributed by atoms with Crippen LogP contribution in [0.15, 0.2) is 11.6 Å². The summed E-state index contributed by atoms with van der Waals surface area (Å²) in [4.78, 5) is 0. The summed E-state index contributed by atoms with van der Waals surface area (Å²) in [5, 5.41) is 28.8. The van der Waals surface area contributed by atoms with Crippen LogP contribution in [0, 0.1) is 11.8 Å². The molecule has 3 N–H and O–H groups in total. The van der Waals surface area contributed by atoms with Crippen LogP contribution in [0.25, 0.3) is 0 Å². The third kappa shape index (κ3) is 9.47. The SMILES string of the molecule is CC(=CCCO[C@H]1OC[C@@H](O)[C@H](O)[C@H]1O)CCCC(C)CCCC(C)C. The van der Waals surface area contributed by atoms with Gasteiger partial charge in [-0.1, -0.05) is 58.1 Å². The number of ether oxygens (including phenoxy) is 2. The van der Waals surface area contributed by atoms with Gasteiger partial charge in [-0.2, -0.15) is 0 Å². The van der Waals surface area contributed by atoms with Gasteiger partial charge in [-0.05, 0) is 38.0 Å². The van der Waals surface area contributed by atoms with Crippen molar-refractivity contribution in [2.24, 2.45) is 11.8 Å². The Morgan fingerprint density at radius 2 is 1.77 bits per heavy atom. The first-order chi connectivity index (χ1) is 12.3. The molecule has 0 radical (unpaired) electrons. The molecule has 1 heterocycles. The van der Waals surface area contributed by atoms with Crippen molar-refractivity contribution in [2.45, 2.75) is 97.2 Å². The van der Waals surface area contributed by atoms with Crippen molar-refractivity contribution >= 4 is 0 Å². The van der Waals surface area contributed by atoms with E-state index in [2.05, 4.69) is 33.8 Å². The smallest absolute Gasteiger partial charge is 0.186 e. The minimum Gasteiger partial charge on any atom is -0.388 e. The largest absolute Gasteiger partial charge is 0.388 e. The highest BCUT2D eigenvalue weighted by atomic mass is 16.7. The lowest BCUT2D eigenvalue weighted by atomic mass is 9.94. The van der Waals surface area contributed by atoms with Crippen LogP contribution in [-0.2, 0) is 9.47 Å². The van der Waals surface area contributed by atoms with Crippen molar-refractivity contribution in [3.8, 4) is 0 Å². The lowest BCUT2D eigenvalue weighted by molar-refractivity contribution is -0.269. The van der Waals surface area contributed by atoms with E-state index in [1.165, 1.54) is 37.7 Å². The van der Waals surface area contributed by atoms with Crippen molar-refractivity contribution in [1.82, 2.24) is 0 Å². The Hall–Kier alpha value is -0.460. The molecule has 0 amide bonds. The van der Waals surface area contributed by atoms with Crippen LogP contribution in [0.2, 0.25) is 0 Å². The predicted molar refractivity (Wildman–Crippen MR) is 104 cm³/mol. The van der Waals surface area contributed by atoms with Crippen molar-refractivity contribution in [3.05, 3.63) is 11.6 Å².